The molecule has 0 bridgehead atoms. The first-order valence-electron chi connectivity index (χ1n) is 17.5. The maximum absolute atomic E-state index is 6.01. The van der Waals surface area contributed by atoms with Gasteiger partial charge in [0.2, 0.25) is 0 Å². The summed E-state index contributed by atoms with van der Waals surface area (Å²) >= 11 is -0.826. The summed E-state index contributed by atoms with van der Waals surface area (Å²) in [6.07, 6.45) is 4.87. The summed E-state index contributed by atoms with van der Waals surface area (Å²) in [5.41, 5.74) is 6.59. The van der Waals surface area contributed by atoms with Gasteiger partial charge < -0.3 is 9.30 Å². The molecule has 0 N–H and O–H groups in total. The van der Waals surface area contributed by atoms with Crippen molar-refractivity contribution in [2.45, 2.75) is 71.6 Å². The monoisotopic (exact) mass is 781 g/mol. The summed E-state index contributed by atoms with van der Waals surface area (Å²) in [4.78, 5) is 0. The molecule has 252 valence electrons. The number of nitrogens with zero attached hydrogens (tertiary/aromatic N) is 1. The van der Waals surface area contributed by atoms with Gasteiger partial charge in [-0.3, -0.25) is 0 Å². The molecule has 0 amide bonds. The standard InChI is InChI=1S/C43H47NOSi.2ClH.Zr/c1-30-28-37-33(32-22-24-40-38(29-32)35-18-11-12-21-39(35)44(40)5)19-15-20-36(37)42(30)46(6,27-14-8-7-13-26-45-43(2,3)4)41-25-23-31-16-9-10-17-34(31)41;;;/h9-12,15-25,28-29H,7-8,13-14,26-27H2,1-6H3;2*1H;/q-2;;;+4/p-2. The number of hydrogen-bond acceptors (Lipinski definition) is 1. The summed E-state index contributed by atoms with van der Waals surface area (Å²) < 4.78 is 8.33. The van der Waals surface area contributed by atoms with Crippen molar-refractivity contribution in [3.63, 3.8) is 0 Å². The molecule has 7 aromatic rings. The molecule has 0 saturated heterocycles. The fourth-order valence-corrected chi connectivity index (χ4v) is 12.9. The van der Waals surface area contributed by atoms with Crippen LogP contribution in [0.3, 0.4) is 0 Å². The van der Waals surface area contributed by atoms with E-state index in [2.05, 4.69) is 149 Å². The molecular formula is C43H47Cl2NOSiZr. The predicted octanol–water partition coefficient (Wildman–Crippen LogP) is 12.0. The number of fused-ring (bicyclic) bond motifs is 5. The molecule has 1 unspecified atom stereocenters. The van der Waals surface area contributed by atoms with E-state index in [4.69, 9.17) is 21.8 Å². The fourth-order valence-electron chi connectivity index (χ4n) is 8.10. The van der Waals surface area contributed by atoms with Crippen LogP contribution >= 0.6 is 17.0 Å². The number of aromatic nitrogens is 1. The third kappa shape index (κ3) is 7.46. The quantitative estimate of drug-likeness (QED) is 0.0766. The molecule has 0 aliphatic heterocycles. The van der Waals surface area contributed by atoms with Gasteiger partial charge in [-0.1, -0.05) is 80.7 Å². The van der Waals surface area contributed by atoms with Gasteiger partial charge in [0.1, 0.15) is 0 Å². The fraction of sp³-hybridized carbons (Fsp3) is 0.302. The van der Waals surface area contributed by atoms with Gasteiger partial charge in [-0.25, -0.2) is 0 Å². The molecule has 2 nitrogen and oxygen atoms in total. The van der Waals surface area contributed by atoms with E-state index in [9.17, 15) is 0 Å². The Kier molecular flexibility index (Phi) is 11.4. The van der Waals surface area contributed by atoms with Gasteiger partial charge in [0.05, 0.1) is 5.60 Å². The molecule has 0 radical (unpaired) electrons. The number of rotatable bonds is 10. The van der Waals surface area contributed by atoms with Gasteiger partial charge >= 0.3 is 37.9 Å². The second-order valence-corrected chi connectivity index (χ2v) is 22.6. The number of unbranched alkanes of at least 4 members (excludes halogenated alkanes) is 3. The van der Waals surface area contributed by atoms with Crippen LogP contribution in [0.15, 0.2) is 103 Å². The van der Waals surface area contributed by atoms with Crippen LogP contribution < -0.4 is 10.4 Å². The molecule has 6 aromatic carbocycles. The minimum atomic E-state index is -2.10. The van der Waals surface area contributed by atoms with Crippen LogP contribution in [-0.4, -0.2) is 24.8 Å². The zero-order valence-electron chi connectivity index (χ0n) is 29.7. The van der Waals surface area contributed by atoms with E-state index in [0.717, 1.165) is 13.0 Å². The number of ether oxygens (including phenoxy) is 1. The van der Waals surface area contributed by atoms with Crippen molar-refractivity contribution in [2.75, 3.05) is 6.61 Å². The second kappa shape index (κ2) is 15.4. The van der Waals surface area contributed by atoms with Crippen LogP contribution in [-0.2, 0) is 32.6 Å². The van der Waals surface area contributed by atoms with E-state index in [1.54, 1.807) is 10.4 Å². The van der Waals surface area contributed by atoms with Gasteiger partial charge in [-0.05, 0) is 51.0 Å². The minimum absolute atomic E-state index is 0.0554. The summed E-state index contributed by atoms with van der Waals surface area (Å²) in [6.45, 7) is 12.3. The van der Waals surface area contributed by atoms with Gasteiger partial charge in [0.15, 0.2) is 0 Å². The molecule has 0 aliphatic rings. The molecule has 6 heteroatoms. The second-order valence-electron chi connectivity index (χ2n) is 14.6. The molecule has 1 atom stereocenters. The van der Waals surface area contributed by atoms with Crippen molar-refractivity contribution in [1.29, 1.82) is 0 Å². The molecule has 49 heavy (non-hydrogen) atoms. The molecule has 0 fully saturated rings. The number of halogens is 2. The van der Waals surface area contributed by atoms with Crippen LogP contribution in [0.5, 0.6) is 0 Å². The Morgan fingerprint density at radius 2 is 1.45 bits per heavy atom. The van der Waals surface area contributed by atoms with Gasteiger partial charge in [-0.2, -0.15) is 18.2 Å². The van der Waals surface area contributed by atoms with E-state index >= 15 is 0 Å². The predicted molar refractivity (Wildman–Crippen MR) is 215 cm³/mol. The van der Waals surface area contributed by atoms with E-state index in [0.29, 0.717) is 0 Å². The number of hydrogen-bond donors (Lipinski definition) is 0. The van der Waals surface area contributed by atoms with Gasteiger partial charge in [0.25, 0.3) is 0 Å². The van der Waals surface area contributed by atoms with Crippen molar-refractivity contribution in [3.05, 3.63) is 109 Å². The molecule has 0 saturated carbocycles. The Labute approximate surface area is 311 Å². The zero-order chi connectivity index (χ0) is 34.8. The average molecular weight is 784 g/mol. The Morgan fingerprint density at radius 1 is 0.755 bits per heavy atom. The normalized spacial score (nSPS) is 13.1. The van der Waals surface area contributed by atoms with Crippen molar-refractivity contribution < 1.29 is 25.6 Å². The van der Waals surface area contributed by atoms with Crippen molar-refractivity contribution in [3.8, 4) is 11.1 Å². The Balaban J connectivity index is 0.00000134. The van der Waals surface area contributed by atoms with E-state index < -0.39 is 28.9 Å². The third-order valence-corrected chi connectivity index (χ3v) is 15.0. The molecule has 0 aliphatic carbocycles. The molecule has 7 rings (SSSR count). The number of benzene rings is 4. The first-order chi connectivity index (χ1) is 23.6. The first kappa shape index (κ1) is 36.3. The van der Waals surface area contributed by atoms with Crippen molar-refractivity contribution in [1.82, 2.24) is 4.57 Å². The summed E-state index contributed by atoms with van der Waals surface area (Å²) in [5.74, 6) is 0. The van der Waals surface area contributed by atoms with Crippen molar-refractivity contribution in [2.24, 2.45) is 7.05 Å². The Bertz CT molecular complexity index is 2200. The summed E-state index contributed by atoms with van der Waals surface area (Å²) in [7, 11) is 9.94. The van der Waals surface area contributed by atoms with Gasteiger partial charge in [-0.15, -0.1) is 67.8 Å². The van der Waals surface area contributed by atoms with Crippen LogP contribution in [0.25, 0.3) is 54.5 Å². The van der Waals surface area contributed by atoms with Crippen LogP contribution in [0.4, 0.5) is 0 Å². The van der Waals surface area contributed by atoms with E-state index in [1.807, 2.05) is 0 Å². The topological polar surface area (TPSA) is 14.2 Å². The maximum atomic E-state index is 6.01. The molecule has 1 heterocycles. The average Bonchev–Trinajstić information content (AvgIpc) is 3.76. The Morgan fingerprint density at radius 3 is 2.24 bits per heavy atom. The van der Waals surface area contributed by atoms with Crippen LogP contribution in [0.2, 0.25) is 12.6 Å². The van der Waals surface area contributed by atoms with Crippen molar-refractivity contribution >= 4 is 78.8 Å². The molecule has 0 spiro atoms. The SMILES string of the molecule is Cc1cc2c(-c3ccc4c(c3)c3ccccc3n4C)cccc2[c-]1[Si](C)(CCCCCCOC(C)(C)C)[c-]1ccc2ccccc21.[Cl][Zr+2][Cl]. The van der Waals surface area contributed by atoms with E-state index in [1.165, 1.54) is 85.3 Å². The zero-order valence-corrected chi connectivity index (χ0v) is 34.6. The summed E-state index contributed by atoms with van der Waals surface area (Å²) in [6, 6.07) is 40.4. The first-order valence-corrected chi connectivity index (χ1v) is 26.5. The molecular weight excluding hydrogens is 737 g/mol. The van der Waals surface area contributed by atoms with E-state index in [-0.39, 0.29) is 5.60 Å². The van der Waals surface area contributed by atoms with Crippen LogP contribution in [0.1, 0.15) is 52.0 Å². The summed E-state index contributed by atoms with van der Waals surface area (Å²) in [5, 5.41) is 11.5. The third-order valence-electron chi connectivity index (χ3n) is 10.3. The van der Waals surface area contributed by atoms with Crippen LogP contribution in [0, 0.1) is 6.92 Å². The number of aryl methyl sites for hydroxylation is 2. The molecule has 1 aromatic heterocycles. The van der Waals surface area contributed by atoms with Gasteiger partial charge in [0, 0.05) is 43.5 Å². The Hall–Kier alpha value is -2.46. The number of para-hydroxylation sites is 1.